The van der Waals surface area contributed by atoms with E-state index < -0.39 is 0 Å². The molecule has 2 saturated heterocycles. The number of nitrogens with zero attached hydrogens (tertiary/aromatic N) is 2. The summed E-state index contributed by atoms with van der Waals surface area (Å²) in [6.07, 6.45) is 3.51. The maximum Gasteiger partial charge on any atom is 0.193 e. The maximum atomic E-state index is 5.94. The summed E-state index contributed by atoms with van der Waals surface area (Å²) in [7, 11) is 1.87. The Morgan fingerprint density at radius 1 is 1.35 bits per heavy atom. The lowest BCUT2D eigenvalue weighted by Gasteiger charge is -2.25. The summed E-state index contributed by atoms with van der Waals surface area (Å²) in [5.41, 5.74) is 1.60. The molecule has 0 aliphatic carbocycles. The second-order valence-electron chi connectivity index (χ2n) is 7.23. The Balaban J connectivity index is 0.00000243. The lowest BCUT2D eigenvalue weighted by atomic mass is 9.87. The first-order chi connectivity index (χ1) is 12.2. The van der Waals surface area contributed by atoms with Crippen molar-refractivity contribution in [2.24, 2.45) is 10.4 Å². The van der Waals surface area contributed by atoms with Gasteiger partial charge in [0, 0.05) is 45.3 Å². The lowest BCUT2D eigenvalue weighted by molar-refractivity contribution is 0.0645. The van der Waals surface area contributed by atoms with Crippen molar-refractivity contribution in [3.63, 3.8) is 0 Å². The molecule has 2 aliphatic heterocycles. The number of guanidine groups is 1. The maximum absolute atomic E-state index is 5.94. The van der Waals surface area contributed by atoms with E-state index in [-0.39, 0.29) is 30.1 Å². The zero-order valence-electron chi connectivity index (χ0n) is 15.9. The first kappa shape index (κ1) is 21.4. The summed E-state index contributed by atoms with van der Waals surface area (Å²) in [6, 6.07) is 10.4. The molecule has 1 N–H and O–H groups in total. The average Bonchev–Trinajstić information content (AvgIpc) is 3.29. The molecule has 26 heavy (non-hydrogen) atoms. The van der Waals surface area contributed by atoms with Crippen molar-refractivity contribution in [2.75, 3.05) is 46.5 Å². The first-order valence-electron chi connectivity index (χ1n) is 9.42. The molecule has 0 bridgehead atoms. The van der Waals surface area contributed by atoms with Gasteiger partial charge in [0.2, 0.25) is 0 Å². The molecule has 6 heteroatoms. The normalized spacial score (nSPS) is 23.9. The molecule has 3 rings (SSSR count). The molecule has 2 fully saturated rings. The van der Waals surface area contributed by atoms with E-state index in [1.54, 1.807) is 0 Å². The van der Waals surface area contributed by atoms with Gasteiger partial charge >= 0.3 is 0 Å². The zero-order valence-corrected chi connectivity index (χ0v) is 18.3. The van der Waals surface area contributed by atoms with Crippen LogP contribution in [0.25, 0.3) is 0 Å². The van der Waals surface area contributed by atoms with Gasteiger partial charge in [0.15, 0.2) is 5.96 Å². The van der Waals surface area contributed by atoms with Crippen molar-refractivity contribution in [1.82, 2.24) is 10.2 Å². The quantitative estimate of drug-likeness (QED) is 0.298. The SMILES string of the molecule is CN=C(NCCCOC(C)c1ccccc1)N1CCC2(CCOC2)C1.I. The molecule has 0 saturated carbocycles. The largest absolute Gasteiger partial charge is 0.381 e. The smallest absolute Gasteiger partial charge is 0.193 e. The monoisotopic (exact) mass is 473 g/mol. The molecule has 1 aromatic rings. The number of nitrogens with one attached hydrogen (secondary N) is 1. The van der Waals surface area contributed by atoms with E-state index in [9.17, 15) is 0 Å². The number of hydrogen-bond donors (Lipinski definition) is 1. The molecule has 5 nitrogen and oxygen atoms in total. The van der Waals surface area contributed by atoms with Crippen LogP contribution in [0.2, 0.25) is 0 Å². The van der Waals surface area contributed by atoms with E-state index >= 15 is 0 Å². The van der Waals surface area contributed by atoms with Crippen molar-refractivity contribution in [3.05, 3.63) is 35.9 Å². The Labute approximate surface area is 174 Å². The minimum absolute atomic E-state index is 0. The van der Waals surface area contributed by atoms with Gasteiger partial charge in [-0.15, -0.1) is 24.0 Å². The van der Waals surface area contributed by atoms with Crippen LogP contribution in [-0.2, 0) is 9.47 Å². The van der Waals surface area contributed by atoms with Gasteiger partial charge in [-0.05, 0) is 31.7 Å². The molecule has 1 spiro atoms. The number of benzene rings is 1. The third-order valence-electron chi connectivity index (χ3n) is 5.38. The lowest BCUT2D eigenvalue weighted by Crippen LogP contribution is -2.42. The van der Waals surface area contributed by atoms with E-state index in [4.69, 9.17) is 9.47 Å². The summed E-state index contributed by atoms with van der Waals surface area (Å²) in [5, 5.41) is 3.49. The third-order valence-corrected chi connectivity index (χ3v) is 5.38. The standard InChI is InChI=1S/C20H31N3O2.HI/c1-17(18-7-4-3-5-8-18)25-13-6-11-22-19(21-2)23-12-9-20(15-23)10-14-24-16-20;/h3-5,7-8,17H,6,9-16H2,1-2H3,(H,21,22);1H. The van der Waals surface area contributed by atoms with Gasteiger partial charge in [-0.25, -0.2) is 0 Å². The van der Waals surface area contributed by atoms with Crippen molar-refractivity contribution in [3.8, 4) is 0 Å². The first-order valence-corrected chi connectivity index (χ1v) is 9.42. The Morgan fingerprint density at radius 3 is 2.85 bits per heavy atom. The molecule has 2 atom stereocenters. The summed E-state index contributed by atoms with van der Waals surface area (Å²) in [5.74, 6) is 1.01. The van der Waals surface area contributed by atoms with Crippen LogP contribution in [0.5, 0.6) is 0 Å². The van der Waals surface area contributed by atoms with Crippen molar-refractivity contribution >= 4 is 29.9 Å². The Morgan fingerprint density at radius 2 is 2.15 bits per heavy atom. The van der Waals surface area contributed by atoms with Crippen molar-refractivity contribution in [1.29, 1.82) is 0 Å². The number of hydrogen-bond acceptors (Lipinski definition) is 3. The van der Waals surface area contributed by atoms with Gasteiger partial charge in [0.25, 0.3) is 0 Å². The van der Waals surface area contributed by atoms with E-state index in [2.05, 4.69) is 46.4 Å². The topological polar surface area (TPSA) is 46.1 Å². The molecular formula is C20H32IN3O2. The van der Waals surface area contributed by atoms with E-state index in [0.29, 0.717) is 5.41 Å². The number of rotatable bonds is 6. The predicted octanol–water partition coefficient (Wildman–Crippen LogP) is 3.46. The summed E-state index contributed by atoms with van der Waals surface area (Å²) in [6.45, 7) is 7.70. The predicted molar refractivity (Wildman–Crippen MR) is 116 cm³/mol. The molecule has 0 radical (unpaired) electrons. The van der Waals surface area contributed by atoms with Crippen LogP contribution in [0, 0.1) is 5.41 Å². The van der Waals surface area contributed by atoms with Crippen LogP contribution in [-0.4, -0.2) is 57.4 Å². The van der Waals surface area contributed by atoms with E-state index in [0.717, 1.165) is 51.8 Å². The van der Waals surface area contributed by atoms with Crippen LogP contribution < -0.4 is 5.32 Å². The van der Waals surface area contributed by atoms with Gasteiger partial charge in [-0.2, -0.15) is 0 Å². The molecule has 2 unspecified atom stereocenters. The van der Waals surface area contributed by atoms with E-state index in [1.165, 1.54) is 18.4 Å². The van der Waals surface area contributed by atoms with Crippen molar-refractivity contribution < 1.29 is 9.47 Å². The molecular weight excluding hydrogens is 441 g/mol. The molecule has 146 valence electrons. The number of aliphatic imine (C=N–C) groups is 1. The van der Waals surface area contributed by atoms with Crippen LogP contribution in [0.1, 0.15) is 37.9 Å². The average molecular weight is 473 g/mol. The molecule has 1 aromatic carbocycles. The Hall–Kier alpha value is -0.860. The zero-order chi connectivity index (χ0) is 17.5. The van der Waals surface area contributed by atoms with Gasteiger partial charge in [-0.3, -0.25) is 4.99 Å². The fourth-order valence-corrected chi connectivity index (χ4v) is 3.77. The van der Waals surface area contributed by atoms with Crippen LogP contribution in [0.15, 0.2) is 35.3 Å². The van der Waals surface area contributed by atoms with Gasteiger partial charge in [0.05, 0.1) is 12.7 Å². The van der Waals surface area contributed by atoms with Crippen LogP contribution >= 0.6 is 24.0 Å². The number of halogens is 1. The third kappa shape index (κ3) is 5.57. The van der Waals surface area contributed by atoms with E-state index in [1.807, 2.05) is 13.1 Å². The Bertz CT molecular complexity index is 561. The highest BCUT2D eigenvalue weighted by Crippen LogP contribution is 2.38. The summed E-state index contributed by atoms with van der Waals surface area (Å²) >= 11 is 0. The van der Waals surface area contributed by atoms with Crippen LogP contribution in [0.4, 0.5) is 0 Å². The summed E-state index contributed by atoms with van der Waals surface area (Å²) in [4.78, 5) is 6.83. The van der Waals surface area contributed by atoms with Gasteiger partial charge in [0.1, 0.15) is 0 Å². The summed E-state index contributed by atoms with van der Waals surface area (Å²) < 4.78 is 11.5. The molecule has 2 heterocycles. The van der Waals surface area contributed by atoms with Crippen LogP contribution in [0.3, 0.4) is 0 Å². The second-order valence-corrected chi connectivity index (χ2v) is 7.23. The minimum atomic E-state index is 0. The highest BCUT2D eigenvalue weighted by atomic mass is 127. The molecule has 2 aliphatic rings. The Kier molecular flexibility index (Phi) is 8.63. The molecule has 0 amide bonds. The minimum Gasteiger partial charge on any atom is -0.381 e. The highest BCUT2D eigenvalue weighted by molar-refractivity contribution is 14.0. The number of likely N-dealkylation sites (tertiary alicyclic amines) is 1. The van der Waals surface area contributed by atoms with Gasteiger partial charge in [-0.1, -0.05) is 30.3 Å². The van der Waals surface area contributed by atoms with Gasteiger partial charge < -0.3 is 19.7 Å². The molecule has 0 aromatic heterocycles. The fraction of sp³-hybridized carbons (Fsp3) is 0.650. The van der Waals surface area contributed by atoms with Crippen molar-refractivity contribution in [2.45, 2.75) is 32.3 Å². The fourth-order valence-electron chi connectivity index (χ4n) is 3.77. The number of ether oxygens (including phenoxy) is 2. The second kappa shape index (κ2) is 10.5. The highest BCUT2D eigenvalue weighted by Gasteiger charge is 2.42.